The number of carbonyl (C=O) groups is 1. The van der Waals surface area contributed by atoms with Gasteiger partial charge in [0.2, 0.25) is 10.0 Å². The molecule has 0 aliphatic carbocycles. The number of amides is 1. The number of rotatable bonds is 4. The number of hydrogen-bond acceptors (Lipinski definition) is 5. The maximum Gasteiger partial charge on any atom is 0.265 e. The Labute approximate surface area is 154 Å². The van der Waals surface area contributed by atoms with E-state index in [1.165, 1.54) is 15.6 Å². The Morgan fingerprint density at radius 3 is 2.44 bits per heavy atom. The van der Waals surface area contributed by atoms with Gasteiger partial charge in [-0.15, -0.1) is 11.3 Å². The lowest BCUT2D eigenvalue weighted by Gasteiger charge is -2.25. The Morgan fingerprint density at radius 1 is 1.04 bits per heavy atom. The van der Waals surface area contributed by atoms with Crippen LogP contribution in [0.5, 0.6) is 0 Å². The fourth-order valence-corrected chi connectivity index (χ4v) is 6.40. The van der Waals surface area contributed by atoms with Gasteiger partial charge >= 0.3 is 0 Å². The van der Waals surface area contributed by atoms with Crippen molar-refractivity contribution < 1.29 is 13.2 Å². The first-order valence-corrected chi connectivity index (χ1v) is 11.3. The topological polar surface area (TPSA) is 60.9 Å². The van der Waals surface area contributed by atoms with Gasteiger partial charge in [-0.05, 0) is 44.6 Å². The molecule has 1 aromatic heterocycles. The van der Waals surface area contributed by atoms with Crippen LogP contribution in [0.2, 0.25) is 0 Å². The van der Waals surface area contributed by atoms with Crippen molar-refractivity contribution in [3.63, 3.8) is 0 Å². The maximum absolute atomic E-state index is 13.0. The van der Waals surface area contributed by atoms with Crippen LogP contribution in [0.4, 0.5) is 0 Å². The van der Waals surface area contributed by atoms with Crippen LogP contribution in [-0.4, -0.2) is 73.7 Å². The first kappa shape index (κ1) is 18.8. The molecule has 0 aromatic carbocycles. The maximum atomic E-state index is 13.0. The van der Waals surface area contributed by atoms with Crippen molar-refractivity contribution in [2.75, 3.05) is 39.3 Å². The first-order chi connectivity index (χ1) is 11.9. The van der Waals surface area contributed by atoms with Crippen LogP contribution < -0.4 is 0 Å². The predicted octanol–water partition coefficient (Wildman–Crippen LogP) is 2.09. The molecule has 8 heteroatoms. The third-order valence-corrected chi connectivity index (χ3v) is 8.03. The number of thiophene rings is 1. The summed E-state index contributed by atoms with van der Waals surface area (Å²) in [6.45, 7) is 8.59. The van der Waals surface area contributed by atoms with Crippen LogP contribution in [0.15, 0.2) is 16.3 Å². The molecule has 1 amide bonds. The molecule has 0 unspecified atom stereocenters. The van der Waals surface area contributed by atoms with E-state index in [1.807, 2.05) is 4.90 Å². The van der Waals surface area contributed by atoms with Gasteiger partial charge in [-0.1, -0.05) is 0 Å². The highest BCUT2D eigenvalue weighted by Crippen LogP contribution is 2.29. The Balaban J connectivity index is 1.79. The molecule has 140 valence electrons. The highest BCUT2D eigenvalue weighted by molar-refractivity contribution is 7.89. The van der Waals surface area contributed by atoms with Crippen molar-refractivity contribution in [2.45, 2.75) is 44.0 Å². The van der Waals surface area contributed by atoms with Crippen molar-refractivity contribution in [1.82, 2.24) is 14.1 Å². The van der Waals surface area contributed by atoms with Crippen LogP contribution in [0.3, 0.4) is 0 Å². The summed E-state index contributed by atoms with van der Waals surface area (Å²) in [5.74, 6) is -0.140. The van der Waals surface area contributed by atoms with E-state index >= 15 is 0 Å². The molecule has 2 saturated heterocycles. The molecule has 25 heavy (non-hydrogen) atoms. The highest BCUT2D eigenvalue weighted by atomic mass is 32.2. The molecule has 0 atom stereocenters. The molecule has 3 rings (SSSR count). The van der Waals surface area contributed by atoms with Crippen LogP contribution in [-0.2, 0) is 10.0 Å². The summed E-state index contributed by atoms with van der Waals surface area (Å²) in [4.78, 5) is 17.7. The molecular formula is C17H27N3O3S2. The summed E-state index contributed by atoms with van der Waals surface area (Å²) in [6, 6.07) is 2.05. The van der Waals surface area contributed by atoms with E-state index in [0.29, 0.717) is 37.1 Å². The largest absolute Gasteiger partial charge is 0.337 e. The number of carbonyl (C=O) groups excluding carboxylic acids is 1. The third kappa shape index (κ3) is 3.92. The summed E-state index contributed by atoms with van der Waals surface area (Å²) in [5, 5.41) is 1.72. The second-order valence-corrected chi connectivity index (χ2v) is 9.82. The SMILES string of the molecule is CC(C)N1CCCN(C(=O)c2sccc2S(=O)(=O)N2CCCC2)CC1. The van der Waals surface area contributed by atoms with Crippen molar-refractivity contribution in [2.24, 2.45) is 0 Å². The first-order valence-electron chi connectivity index (χ1n) is 9.02. The average Bonchev–Trinajstić information content (AvgIpc) is 3.22. The van der Waals surface area contributed by atoms with Crippen LogP contribution in [0, 0.1) is 0 Å². The minimum atomic E-state index is -3.56. The molecule has 0 radical (unpaired) electrons. The lowest BCUT2D eigenvalue weighted by molar-refractivity contribution is 0.0760. The molecule has 1 aromatic rings. The molecule has 2 aliphatic rings. The van der Waals surface area contributed by atoms with Gasteiger partial charge in [0, 0.05) is 45.3 Å². The second kappa shape index (κ2) is 7.73. The van der Waals surface area contributed by atoms with Gasteiger partial charge in [-0.3, -0.25) is 9.69 Å². The predicted molar refractivity (Wildman–Crippen MR) is 99.5 cm³/mol. The number of hydrogen-bond donors (Lipinski definition) is 0. The van der Waals surface area contributed by atoms with Crippen molar-refractivity contribution in [3.05, 3.63) is 16.3 Å². The van der Waals surface area contributed by atoms with E-state index in [-0.39, 0.29) is 10.8 Å². The summed E-state index contributed by atoms with van der Waals surface area (Å²) < 4.78 is 27.2. The van der Waals surface area contributed by atoms with Gasteiger partial charge in [0.25, 0.3) is 5.91 Å². The lowest BCUT2D eigenvalue weighted by atomic mass is 10.3. The zero-order chi connectivity index (χ0) is 18.0. The lowest BCUT2D eigenvalue weighted by Crippen LogP contribution is -2.37. The van der Waals surface area contributed by atoms with Crippen LogP contribution >= 0.6 is 11.3 Å². The summed E-state index contributed by atoms with van der Waals surface area (Å²) in [7, 11) is -3.56. The quantitative estimate of drug-likeness (QED) is 0.796. The van der Waals surface area contributed by atoms with E-state index in [4.69, 9.17) is 0 Å². The van der Waals surface area contributed by atoms with Gasteiger partial charge in [0.05, 0.1) is 0 Å². The zero-order valence-corrected chi connectivity index (χ0v) is 16.6. The summed E-state index contributed by atoms with van der Waals surface area (Å²) >= 11 is 1.24. The average molecular weight is 386 g/mol. The fourth-order valence-electron chi connectivity index (χ4n) is 3.52. The molecule has 0 spiro atoms. The van der Waals surface area contributed by atoms with E-state index in [0.717, 1.165) is 32.4 Å². The summed E-state index contributed by atoms with van der Waals surface area (Å²) in [5.41, 5.74) is 0. The van der Waals surface area contributed by atoms with Crippen LogP contribution in [0.25, 0.3) is 0 Å². The second-order valence-electron chi connectivity index (χ2n) is 7.00. The zero-order valence-electron chi connectivity index (χ0n) is 15.0. The van der Waals surface area contributed by atoms with E-state index in [2.05, 4.69) is 18.7 Å². The van der Waals surface area contributed by atoms with Gasteiger partial charge in [-0.25, -0.2) is 8.42 Å². The molecule has 0 saturated carbocycles. The Kier molecular flexibility index (Phi) is 5.82. The molecule has 0 bridgehead atoms. The fraction of sp³-hybridized carbons (Fsp3) is 0.706. The Hall–Kier alpha value is -0.960. The number of sulfonamides is 1. The van der Waals surface area contributed by atoms with E-state index < -0.39 is 10.0 Å². The van der Waals surface area contributed by atoms with Crippen molar-refractivity contribution >= 4 is 27.3 Å². The molecule has 0 N–H and O–H groups in total. The van der Waals surface area contributed by atoms with Crippen LogP contribution in [0.1, 0.15) is 42.8 Å². The normalized spacial score (nSPS) is 21.0. The number of nitrogens with zero attached hydrogens (tertiary/aromatic N) is 3. The van der Waals surface area contributed by atoms with Crippen molar-refractivity contribution in [3.8, 4) is 0 Å². The summed E-state index contributed by atoms with van der Waals surface area (Å²) in [6.07, 6.45) is 2.71. The minimum Gasteiger partial charge on any atom is -0.337 e. The smallest absolute Gasteiger partial charge is 0.265 e. The molecular weight excluding hydrogens is 358 g/mol. The minimum absolute atomic E-state index is 0.140. The Bertz CT molecular complexity index is 708. The molecule has 3 heterocycles. The van der Waals surface area contributed by atoms with E-state index in [9.17, 15) is 13.2 Å². The van der Waals surface area contributed by atoms with E-state index in [1.54, 1.807) is 11.4 Å². The van der Waals surface area contributed by atoms with Gasteiger partial charge in [0.1, 0.15) is 9.77 Å². The van der Waals surface area contributed by atoms with Gasteiger partial charge < -0.3 is 4.90 Å². The van der Waals surface area contributed by atoms with Gasteiger partial charge in [-0.2, -0.15) is 4.31 Å². The monoisotopic (exact) mass is 385 g/mol. The third-order valence-electron chi connectivity index (χ3n) is 5.05. The standard InChI is InChI=1S/C17H27N3O3S2/c1-14(2)18-7-5-8-19(12-11-18)17(21)16-15(6-13-24-16)25(22,23)20-9-3-4-10-20/h6,13-14H,3-5,7-12H2,1-2H3. The van der Waals surface area contributed by atoms with Crippen molar-refractivity contribution in [1.29, 1.82) is 0 Å². The molecule has 6 nitrogen and oxygen atoms in total. The molecule has 2 fully saturated rings. The highest BCUT2D eigenvalue weighted by Gasteiger charge is 2.33. The Morgan fingerprint density at radius 2 is 1.76 bits per heavy atom. The van der Waals surface area contributed by atoms with Gasteiger partial charge in [0.15, 0.2) is 0 Å². The molecule has 2 aliphatic heterocycles.